The van der Waals surface area contributed by atoms with Crippen molar-refractivity contribution >= 4 is 5.97 Å². The molecule has 0 spiro atoms. The lowest BCUT2D eigenvalue weighted by Crippen LogP contribution is -2.39. The summed E-state index contributed by atoms with van der Waals surface area (Å²) in [4.78, 5) is 10.9. The van der Waals surface area contributed by atoms with Crippen molar-refractivity contribution in [2.45, 2.75) is 38.6 Å². The van der Waals surface area contributed by atoms with Gasteiger partial charge in [-0.15, -0.1) is 0 Å². The molecule has 0 saturated heterocycles. The molecule has 0 aromatic carbocycles. The van der Waals surface area contributed by atoms with Crippen molar-refractivity contribution in [2.75, 3.05) is 20.3 Å². The lowest BCUT2D eigenvalue weighted by molar-refractivity contribution is -0.143. The predicted molar refractivity (Wildman–Crippen MR) is 62.4 cm³/mol. The van der Waals surface area contributed by atoms with E-state index in [0.29, 0.717) is 12.0 Å². The topological polar surface area (TPSA) is 58.6 Å². The fourth-order valence-corrected chi connectivity index (χ4v) is 2.31. The van der Waals surface area contributed by atoms with E-state index >= 15 is 0 Å². The first kappa shape index (κ1) is 13.5. The van der Waals surface area contributed by atoms with E-state index in [1.165, 1.54) is 0 Å². The Morgan fingerprint density at radius 1 is 1.56 bits per heavy atom. The molecule has 0 bridgehead atoms. The second-order valence-corrected chi connectivity index (χ2v) is 4.87. The number of carboxylic acid groups (broad SMARTS) is 1. The average molecular weight is 229 g/mol. The van der Waals surface area contributed by atoms with Crippen LogP contribution in [-0.4, -0.2) is 37.4 Å². The zero-order chi connectivity index (χ0) is 12.0. The lowest BCUT2D eigenvalue weighted by atomic mass is 9.85. The maximum atomic E-state index is 10.9. The standard InChI is InChI=1S/C12H23NO3/c1-9(8-16-2)7-13-11-5-3-4-10(6-11)12(14)15/h9-11,13H,3-8H2,1-2H3,(H,14,15). The summed E-state index contributed by atoms with van der Waals surface area (Å²) in [6.45, 7) is 3.79. The Balaban J connectivity index is 2.24. The van der Waals surface area contributed by atoms with Crippen molar-refractivity contribution in [2.24, 2.45) is 11.8 Å². The van der Waals surface area contributed by atoms with E-state index in [1.807, 2.05) is 0 Å². The second kappa shape index (κ2) is 6.86. The molecule has 16 heavy (non-hydrogen) atoms. The molecule has 1 saturated carbocycles. The lowest BCUT2D eigenvalue weighted by Gasteiger charge is -2.28. The van der Waals surface area contributed by atoms with Gasteiger partial charge in [-0.1, -0.05) is 13.3 Å². The molecular formula is C12H23NO3. The minimum atomic E-state index is -0.642. The molecule has 1 aliphatic carbocycles. The van der Waals surface area contributed by atoms with E-state index in [2.05, 4.69) is 12.2 Å². The highest BCUT2D eigenvalue weighted by atomic mass is 16.5. The molecule has 3 atom stereocenters. The van der Waals surface area contributed by atoms with Gasteiger partial charge in [0.15, 0.2) is 0 Å². The Hall–Kier alpha value is -0.610. The van der Waals surface area contributed by atoms with Gasteiger partial charge in [0.25, 0.3) is 0 Å². The van der Waals surface area contributed by atoms with Crippen molar-refractivity contribution in [3.05, 3.63) is 0 Å². The first-order chi connectivity index (χ1) is 7.63. The molecule has 4 heteroatoms. The molecule has 1 rings (SSSR count). The van der Waals surface area contributed by atoms with Gasteiger partial charge in [0.2, 0.25) is 0 Å². The molecule has 3 unspecified atom stereocenters. The zero-order valence-electron chi connectivity index (χ0n) is 10.2. The highest BCUT2D eigenvalue weighted by Crippen LogP contribution is 2.24. The van der Waals surface area contributed by atoms with E-state index in [9.17, 15) is 4.79 Å². The molecule has 0 aromatic rings. The van der Waals surface area contributed by atoms with Gasteiger partial charge < -0.3 is 15.2 Å². The number of methoxy groups -OCH3 is 1. The largest absolute Gasteiger partial charge is 0.481 e. The van der Waals surface area contributed by atoms with Crippen LogP contribution in [0.15, 0.2) is 0 Å². The van der Waals surface area contributed by atoms with Crippen LogP contribution in [0.2, 0.25) is 0 Å². The fraction of sp³-hybridized carbons (Fsp3) is 0.917. The van der Waals surface area contributed by atoms with Gasteiger partial charge in [-0.05, 0) is 25.2 Å². The maximum absolute atomic E-state index is 10.9. The van der Waals surface area contributed by atoms with Crippen LogP contribution >= 0.6 is 0 Å². The molecule has 0 heterocycles. The molecule has 1 aliphatic rings. The highest BCUT2D eigenvalue weighted by molar-refractivity contribution is 5.70. The summed E-state index contributed by atoms with van der Waals surface area (Å²) < 4.78 is 5.07. The molecule has 0 radical (unpaired) electrons. The van der Waals surface area contributed by atoms with Gasteiger partial charge in [0, 0.05) is 26.3 Å². The summed E-state index contributed by atoms with van der Waals surface area (Å²) in [5, 5.41) is 12.4. The van der Waals surface area contributed by atoms with E-state index in [-0.39, 0.29) is 5.92 Å². The van der Waals surface area contributed by atoms with Crippen molar-refractivity contribution in [1.82, 2.24) is 5.32 Å². The summed E-state index contributed by atoms with van der Waals surface area (Å²) in [5.74, 6) is -0.310. The van der Waals surface area contributed by atoms with Gasteiger partial charge in [-0.3, -0.25) is 4.79 Å². The summed E-state index contributed by atoms with van der Waals surface area (Å²) in [6, 6.07) is 0.370. The van der Waals surface area contributed by atoms with Gasteiger partial charge in [-0.2, -0.15) is 0 Å². The molecule has 0 amide bonds. The van der Waals surface area contributed by atoms with Crippen molar-refractivity contribution < 1.29 is 14.6 Å². The Morgan fingerprint density at radius 3 is 2.94 bits per heavy atom. The maximum Gasteiger partial charge on any atom is 0.306 e. The van der Waals surface area contributed by atoms with Crippen LogP contribution in [0.4, 0.5) is 0 Å². The van der Waals surface area contributed by atoms with Crippen LogP contribution in [0, 0.1) is 11.8 Å². The first-order valence-electron chi connectivity index (χ1n) is 6.08. The Kier molecular flexibility index (Phi) is 5.77. The quantitative estimate of drug-likeness (QED) is 0.724. The average Bonchev–Trinajstić information content (AvgIpc) is 2.27. The third kappa shape index (κ3) is 4.49. The number of nitrogens with one attached hydrogen (secondary N) is 1. The van der Waals surface area contributed by atoms with Crippen LogP contribution in [0.5, 0.6) is 0 Å². The van der Waals surface area contributed by atoms with E-state index in [0.717, 1.165) is 38.8 Å². The van der Waals surface area contributed by atoms with Crippen LogP contribution in [0.25, 0.3) is 0 Å². The number of hydrogen-bond acceptors (Lipinski definition) is 3. The molecule has 0 aromatic heterocycles. The number of aliphatic carboxylic acids is 1. The summed E-state index contributed by atoms with van der Waals surface area (Å²) in [7, 11) is 1.71. The summed E-state index contributed by atoms with van der Waals surface area (Å²) >= 11 is 0. The highest BCUT2D eigenvalue weighted by Gasteiger charge is 2.26. The monoisotopic (exact) mass is 229 g/mol. The predicted octanol–water partition coefficient (Wildman–Crippen LogP) is 1.50. The van der Waals surface area contributed by atoms with Crippen LogP contribution in [-0.2, 0) is 9.53 Å². The van der Waals surface area contributed by atoms with E-state index in [1.54, 1.807) is 7.11 Å². The molecular weight excluding hydrogens is 206 g/mol. The fourth-order valence-electron chi connectivity index (χ4n) is 2.31. The molecule has 94 valence electrons. The minimum Gasteiger partial charge on any atom is -0.481 e. The van der Waals surface area contributed by atoms with Crippen molar-refractivity contribution in [3.8, 4) is 0 Å². The van der Waals surface area contributed by atoms with Gasteiger partial charge in [-0.25, -0.2) is 0 Å². The number of hydrogen-bond donors (Lipinski definition) is 2. The van der Waals surface area contributed by atoms with Crippen LogP contribution in [0.1, 0.15) is 32.6 Å². The number of ether oxygens (including phenoxy) is 1. The normalized spacial score (nSPS) is 27.6. The Morgan fingerprint density at radius 2 is 2.31 bits per heavy atom. The van der Waals surface area contributed by atoms with E-state index < -0.39 is 5.97 Å². The third-order valence-electron chi connectivity index (χ3n) is 3.23. The molecule has 4 nitrogen and oxygen atoms in total. The van der Waals surface area contributed by atoms with Crippen molar-refractivity contribution in [1.29, 1.82) is 0 Å². The molecule has 2 N–H and O–H groups in total. The first-order valence-corrected chi connectivity index (χ1v) is 6.08. The van der Waals surface area contributed by atoms with E-state index in [4.69, 9.17) is 9.84 Å². The van der Waals surface area contributed by atoms with Crippen molar-refractivity contribution in [3.63, 3.8) is 0 Å². The van der Waals surface area contributed by atoms with Crippen LogP contribution in [0.3, 0.4) is 0 Å². The van der Waals surface area contributed by atoms with Gasteiger partial charge in [0.1, 0.15) is 0 Å². The number of carbonyl (C=O) groups is 1. The van der Waals surface area contributed by atoms with Gasteiger partial charge in [0.05, 0.1) is 5.92 Å². The second-order valence-electron chi connectivity index (χ2n) is 4.87. The molecule has 1 fully saturated rings. The Bertz CT molecular complexity index is 220. The van der Waals surface area contributed by atoms with Gasteiger partial charge >= 0.3 is 5.97 Å². The summed E-state index contributed by atoms with van der Waals surface area (Å²) in [6.07, 6.45) is 3.73. The van der Waals surface area contributed by atoms with Crippen LogP contribution < -0.4 is 5.32 Å². The SMILES string of the molecule is COCC(C)CNC1CCCC(C(=O)O)C1. The third-order valence-corrected chi connectivity index (χ3v) is 3.23. The number of rotatable bonds is 6. The summed E-state index contributed by atoms with van der Waals surface area (Å²) in [5.41, 5.74) is 0. The molecule has 0 aliphatic heterocycles. The smallest absolute Gasteiger partial charge is 0.306 e. The zero-order valence-corrected chi connectivity index (χ0v) is 10.2. The minimum absolute atomic E-state index is 0.149. The number of carboxylic acids is 1. The Labute approximate surface area is 97.4 Å².